The number of benzene rings is 1. The maximum atomic E-state index is 12.7. The number of methoxy groups -OCH3 is 2. The Hall–Kier alpha value is -0.980. The average molecular weight is 348 g/mol. The van der Waals surface area contributed by atoms with Gasteiger partial charge in [-0.2, -0.15) is 0 Å². The Morgan fingerprint density at radius 1 is 1.14 bits per heavy atom. The van der Waals surface area contributed by atoms with Crippen molar-refractivity contribution >= 4 is 21.6 Å². The van der Waals surface area contributed by atoms with Gasteiger partial charge in [-0.05, 0) is 18.8 Å². The molecular weight excluding hydrogens is 326 g/mol. The quantitative estimate of drug-likeness (QED) is 0.888. The van der Waals surface area contributed by atoms with E-state index in [0.29, 0.717) is 16.7 Å². The van der Waals surface area contributed by atoms with Gasteiger partial charge >= 0.3 is 0 Å². The fraction of sp³-hybridized carbons (Fsp3) is 0.600. The second kappa shape index (κ2) is 7.06. The monoisotopic (exact) mass is 347 g/mol. The van der Waals surface area contributed by atoms with Crippen molar-refractivity contribution in [2.75, 3.05) is 14.2 Å². The van der Waals surface area contributed by atoms with Gasteiger partial charge < -0.3 is 9.47 Å². The molecule has 1 aromatic rings. The van der Waals surface area contributed by atoms with Crippen LogP contribution in [0.4, 0.5) is 0 Å². The third-order valence-corrected chi connectivity index (χ3v) is 5.95. The summed E-state index contributed by atoms with van der Waals surface area (Å²) in [6.45, 7) is 2.08. The lowest BCUT2D eigenvalue weighted by molar-refractivity contribution is 0.310. The van der Waals surface area contributed by atoms with Crippen LogP contribution in [-0.2, 0) is 10.0 Å². The molecule has 124 valence electrons. The van der Waals surface area contributed by atoms with Crippen LogP contribution >= 0.6 is 11.6 Å². The summed E-state index contributed by atoms with van der Waals surface area (Å²) < 4.78 is 38.5. The second-order valence-electron chi connectivity index (χ2n) is 5.63. The average Bonchev–Trinajstić information content (AvgIpc) is 2.48. The Labute approximate surface area is 137 Å². The molecule has 0 bridgehead atoms. The summed E-state index contributed by atoms with van der Waals surface area (Å²) in [6.07, 6.45) is 4.08. The highest BCUT2D eigenvalue weighted by atomic mass is 35.5. The van der Waals surface area contributed by atoms with Gasteiger partial charge in [-0.15, -0.1) is 0 Å². The molecule has 0 amide bonds. The van der Waals surface area contributed by atoms with Gasteiger partial charge in [-0.1, -0.05) is 31.4 Å². The standard InChI is InChI=1S/C15H22ClNO4S/c1-10-6-4-5-7-12(10)17-22(18,19)15-9-13(20-2)11(16)8-14(15)21-3/h8-10,12,17H,4-7H2,1-3H3/t10-,12+/m1/s1. The highest BCUT2D eigenvalue weighted by molar-refractivity contribution is 7.89. The zero-order valence-corrected chi connectivity index (χ0v) is 14.6. The minimum absolute atomic E-state index is 0.0500. The molecule has 7 heteroatoms. The molecule has 1 saturated carbocycles. The largest absolute Gasteiger partial charge is 0.495 e. The molecule has 1 aliphatic rings. The summed E-state index contributed by atoms with van der Waals surface area (Å²) in [5, 5.41) is 0.310. The molecule has 1 fully saturated rings. The summed E-state index contributed by atoms with van der Waals surface area (Å²) in [7, 11) is -0.836. The molecular formula is C15H22ClNO4S. The van der Waals surface area contributed by atoms with Crippen molar-refractivity contribution in [1.29, 1.82) is 0 Å². The van der Waals surface area contributed by atoms with Gasteiger partial charge in [-0.25, -0.2) is 13.1 Å². The molecule has 0 heterocycles. The van der Waals surface area contributed by atoms with Gasteiger partial charge in [0.25, 0.3) is 0 Å². The Morgan fingerprint density at radius 3 is 2.36 bits per heavy atom. The topological polar surface area (TPSA) is 64.6 Å². The molecule has 0 saturated heterocycles. The van der Waals surface area contributed by atoms with Crippen LogP contribution in [0.3, 0.4) is 0 Å². The maximum Gasteiger partial charge on any atom is 0.244 e. The first-order valence-corrected chi connectivity index (χ1v) is 9.19. The van der Waals surface area contributed by atoms with Crippen LogP contribution in [0.5, 0.6) is 11.5 Å². The van der Waals surface area contributed by atoms with E-state index < -0.39 is 10.0 Å². The third-order valence-electron chi connectivity index (χ3n) is 4.15. The predicted octanol–water partition coefficient (Wildman–Crippen LogP) is 3.21. The SMILES string of the molecule is COc1cc(S(=O)(=O)N[C@H]2CCCC[C@H]2C)c(OC)cc1Cl. The number of ether oxygens (including phenoxy) is 2. The van der Waals surface area contributed by atoms with E-state index in [1.165, 1.54) is 26.4 Å². The van der Waals surface area contributed by atoms with Gasteiger partial charge in [0.2, 0.25) is 10.0 Å². The Bertz CT molecular complexity index is 633. The molecule has 0 unspecified atom stereocenters. The molecule has 0 aromatic heterocycles. The molecule has 2 atom stereocenters. The van der Waals surface area contributed by atoms with Crippen LogP contribution < -0.4 is 14.2 Å². The van der Waals surface area contributed by atoms with Crippen LogP contribution in [0.1, 0.15) is 32.6 Å². The molecule has 1 aliphatic carbocycles. The van der Waals surface area contributed by atoms with Gasteiger partial charge in [0.05, 0.1) is 19.2 Å². The normalized spacial score (nSPS) is 22.4. The fourth-order valence-electron chi connectivity index (χ4n) is 2.80. The highest BCUT2D eigenvalue weighted by Gasteiger charge is 2.29. The van der Waals surface area contributed by atoms with Gasteiger partial charge in [0.15, 0.2) is 0 Å². The van der Waals surface area contributed by atoms with Crippen LogP contribution in [0, 0.1) is 5.92 Å². The number of halogens is 1. The molecule has 0 radical (unpaired) electrons. The van der Waals surface area contributed by atoms with E-state index in [0.717, 1.165) is 25.7 Å². The van der Waals surface area contributed by atoms with E-state index in [1.807, 2.05) is 0 Å². The van der Waals surface area contributed by atoms with Crippen LogP contribution in [-0.4, -0.2) is 28.7 Å². The van der Waals surface area contributed by atoms with Crippen molar-refractivity contribution in [3.8, 4) is 11.5 Å². The molecule has 2 rings (SSSR count). The fourth-order valence-corrected chi connectivity index (χ4v) is 4.57. The molecule has 0 spiro atoms. The molecule has 5 nitrogen and oxygen atoms in total. The Balaban J connectivity index is 2.35. The number of rotatable bonds is 5. The van der Waals surface area contributed by atoms with Crippen LogP contribution in [0.15, 0.2) is 17.0 Å². The summed E-state index contributed by atoms with van der Waals surface area (Å²) in [5.41, 5.74) is 0. The van der Waals surface area contributed by atoms with Crippen molar-refractivity contribution in [3.05, 3.63) is 17.2 Å². The molecule has 1 aromatic carbocycles. The van der Waals surface area contributed by atoms with E-state index in [-0.39, 0.29) is 16.7 Å². The summed E-state index contributed by atoms with van der Waals surface area (Å²) >= 11 is 6.03. The van der Waals surface area contributed by atoms with Crippen molar-refractivity contribution in [1.82, 2.24) is 4.72 Å². The van der Waals surface area contributed by atoms with Crippen molar-refractivity contribution in [3.63, 3.8) is 0 Å². The Morgan fingerprint density at radius 2 is 1.77 bits per heavy atom. The van der Waals surface area contributed by atoms with Gasteiger partial charge in [0, 0.05) is 18.2 Å². The molecule has 22 heavy (non-hydrogen) atoms. The highest BCUT2D eigenvalue weighted by Crippen LogP contribution is 2.35. The Kier molecular flexibility index (Phi) is 5.58. The van der Waals surface area contributed by atoms with E-state index in [4.69, 9.17) is 21.1 Å². The molecule has 1 N–H and O–H groups in total. The van der Waals surface area contributed by atoms with Crippen LogP contribution in [0.2, 0.25) is 5.02 Å². The van der Waals surface area contributed by atoms with E-state index in [1.54, 1.807) is 0 Å². The summed E-state index contributed by atoms with van der Waals surface area (Å²) in [6, 6.07) is 2.81. The lowest BCUT2D eigenvalue weighted by Gasteiger charge is -2.29. The number of sulfonamides is 1. The first-order chi connectivity index (χ1) is 10.4. The third kappa shape index (κ3) is 3.67. The number of hydrogen-bond donors (Lipinski definition) is 1. The molecule has 0 aliphatic heterocycles. The van der Waals surface area contributed by atoms with Crippen LogP contribution in [0.25, 0.3) is 0 Å². The second-order valence-corrected chi connectivity index (χ2v) is 7.72. The van der Waals surface area contributed by atoms with E-state index in [2.05, 4.69) is 11.6 Å². The van der Waals surface area contributed by atoms with Crippen molar-refractivity contribution in [2.24, 2.45) is 5.92 Å². The minimum atomic E-state index is -3.70. The van der Waals surface area contributed by atoms with Crippen molar-refractivity contribution < 1.29 is 17.9 Å². The lowest BCUT2D eigenvalue weighted by Crippen LogP contribution is -2.41. The van der Waals surface area contributed by atoms with Crippen molar-refractivity contribution in [2.45, 2.75) is 43.5 Å². The first-order valence-electron chi connectivity index (χ1n) is 7.33. The zero-order chi connectivity index (χ0) is 16.3. The smallest absolute Gasteiger partial charge is 0.244 e. The number of nitrogens with one attached hydrogen (secondary N) is 1. The minimum Gasteiger partial charge on any atom is -0.495 e. The summed E-state index contributed by atoms with van der Waals surface area (Å²) in [4.78, 5) is 0.0500. The van der Waals surface area contributed by atoms with Gasteiger partial charge in [0.1, 0.15) is 16.4 Å². The zero-order valence-electron chi connectivity index (χ0n) is 13.1. The first kappa shape index (κ1) is 17.4. The van der Waals surface area contributed by atoms with E-state index >= 15 is 0 Å². The summed E-state index contributed by atoms with van der Waals surface area (Å²) in [5.74, 6) is 0.838. The maximum absolute atomic E-state index is 12.7. The van der Waals surface area contributed by atoms with E-state index in [9.17, 15) is 8.42 Å². The number of hydrogen-bond acceptors (Lipinski definition) is 4. The lowest BCUT2D eigenvalue weighted by atomic mass is 9.87. The predicted molar refractivity (Wildman–Crippen MR) is 86.3 cm³/mol. The van der Waals surface area contributed by atoms with Gasteiger partial charge in [-0.3, -0.25) is 0 Å².